The number of anilines is 1. The largest absolute Gasteiger partial charge is 0.488 e. The number of hydrogen-bond acceptors (Lipinski definition) is 6. The highest BCUT2D eigenvalue weighted by atomic mass is 32.1. The molecule has 4 aromatic rings. The molecule has 0 aliphatic heterocycles. The molecule has 0 unspecified atom stereocenters. The summed E-state index contributed by atoms with van der Waals surface area (Å²) >= 11 is 1.43. The lowest BCUT2D eigenvalue weighted by Crippen LogP contribution is -2.15. The molecule has 1 amide bonds. The number of carbonyl (C=O) groups excluding carboxylic acids is 1. The number of aromatic nitrogens is 2. The molecule has 0 radical (unpaired) electrons. The summed E-state index contributed by atoms with van der Waals surface area (Å²) in [5.41, 5.74) is 5.00. The van der Waals surface area contributed by atoms with Crippen LogP contribution in [0.4, 0.5) is 5.13 Å². The summed E-state index contributed by atoms with van der Waals surface area (Å²) in [7, 11) is 0. The number of benzene rings is 2. The van der Waals surface area contributed by atoms with Gasteiger partial charge in [-0.2, -0.15) is 0 Å². The molecule has 6 nitrogen and oxygen atoms in total. The van der Waals surface area contributed by atoms with E-state index in [0.717, 1.165) is 27.1 Å². The lowest BCUT2D eigenvalue weighted by Gasteiger charge is -2.10. The van der Waals surface area contributed by atoms with Gasteiger partial charge in [0.1, 0.15) is 18.1 Å². The minimum Gasteiger partial charge on any atom is -0.488 e. The second-order valence-corrected chi connectivity index (χ2v) is 8.05. The van der Waals surface area contributed by atoms with Gasteiger partial charge in [0.15, 0.2) is 10.8 Å². The Morgan fingerprint density at radius 1 is 1.14 bits per heavy atom. The van der Waals surface area contributed by atoms with Crippen LogP contribution in [-0.2, 0) is 6.61 Å². The molecule has 1 N–H and O–H groups in total. The number of aryl methyl sites for hydroxylation is 4. The summed E-state index contributed by atoms with van der Waals surface area (Å²) in [5, 5.41) is 7.31. The van der Waals surface area contributed by atoms with Crippen LogP contribution in [0.15, 0.2) is 40.9 Å². The number of para-hydroxylation sites is 1. The zero-order chi connectivity index (χ0) is 20.5. The number of rotatable bonds is 5. The van der Waals surface area contributed by atoms with Crippen molar-refractivity contribution in [1.29, 1.82) is 0 Å². The molecule has 148 valence electrons. The van der Waals surface area contributed by atoms with Crippen LogP contribution >= 0.6 is 11.3 Å². The van der Waals surface area contributed by atoms with Gasteiger partial charge in [-0.15, -0.1) is 0 Å². The quantitative estimate of drug-likeness (QED) is 0.483. The predicted octanol–water partition coefficient (Wildman–Crippen LogP) is 5.35. The van der Waals surface area contributed by atoms with E-state index in [0.29, 0.717) is 16.5 Å². The van der Waals surface area contributed by atoms with Gasteiger partial charge in [-0.25, -0.2) is 4.98 Å². The van der Waals surface area contributed by atoms with Gasteiger partial charge in [-0.05, 0) is 51.0 Å². The van der Waals surface area contributed by atoms with Gasteiger partial charge in [0, 0.05) is 0 Å². The minimum atomic E-state index is -0.363. The maximum Gasteiger partial charge on any atom is 0.280 e. The van der Waals surface area contributed by atoms with E-state index in [9.17, 15) is 4.79 Å². The van der Waals surface area contributed by atoms with E-state index in [2.05, 4.69) is 21.5 Å². The van der Waals surface area contributed by atoms with Crippen molar-refractivity contribution in [2.24, 2.45) is 0 Å². The third kappa shape index (κ3) is 3.86. The molecule has 0 saturated carbocycles. The van der Waals surface area contributed by atoms with Crippen LogP contribution in [-0.4, -0.2) is 16.0 Å². The molecule has 0 atom stereocenters. The van der Waals surface area contributed by atoms with Crippen LogP contribution in [0, 0.1) is 27.7 Å². The van der Waals surface area contributed by atoms with E-state index in [1.165, 1.54) is 16.9 Å². The minimum absolute atomic E-state index is 0.195. The first-order valence-corrected chi connectivity index (χ1v) is 10.1. The molecule has 0 fully saturated rings. The van der Waals surface area contributed by atoms with Crippen molar-refractivity contribution < 1.29 is 14.1 Å². The Morgan fingerprint density at radius 2 is 1.97 bits per heavy atom. The highest BCUT2D eigenvalue weighted by molar-refractivity contribution is 7.22. The Hall–Kier alpha value is -3.19. The topological polar surface area (TPSA) is 77.2 Å². The summed E-state index contributed by atoms with van der Waals surface area (Å²) in [4.78, 5) is 17.3. The van der Waals surface area contributed by atoms with Gasteiger partial charge >= 0.3 is 0 Å². The normalized spacial score (nSPS) is 11.0. The smallest absolute Gasteiger partial charge is 0.280 e. The van der Waals surface area contributed by atoms with Crippen molar-refractivity contribution in [3.05, 3.63) is 70.1 Å². The van der Waals surface area contributed by atoms with E-state index >= 15 is 0 Å². The molecule has 7 heteroatoms. The average molecular weight is 407 g/mol. The summed E-state index contributed by atoms with van der Waals surface area (Å²) in [6, 6.07) is 11.9. The second-order valence-electron chi connectivity index (χ2n) is 7.02. The highest BCUT2D eigenvalue weighted by Gasteiger charge is 2.22. The lowest BCUT2D eigenvalue weighted by molar-refractivity contribution is 0.101. The number of fused-ring (bicyclic) bond motifs is 1. The molecule has 2 heterocycles. The van der Waals surface area contributed by atoms with E-state index in [1.807, 2.05) is 51.1 Å². The van der Waals surface area contributed by atoms with Gasteiger partial charge in [-0.1, -0.05) is 46.3 Å². The molecule has 0 saturated heterocycles. The molecule has 29 heavy (non-hydrogen) atoms. The molecule has 0 aliphatic rings. The summed E-state index contributed by atoms with van der Waals surface area (Å²) in [6.45, 7) is 7.99. The highest BCUT2D eigenvalue weighted by Crippen LogP contribution is 2.29. The Bertz CT molecular complexity index is 1210. The van der Waals surface area contributed by atoms with E-state index < -0.39 is 0 Å². The zero-order valence-corrected chi connectivity index (χ0v) is 17.5. The predicted molar refractivity (Wildman–Crippen MR) is 114 cm³/mol. The average Bonchev–Trinajstić information content (AvgIpc) is 3.25. The second kappa shape index (κ2) is 7.67. The molecule has 2 aromatic heterocycles. The fourth-order valence-electron chi connectivity index (χ4n) is 3.15. The molecule has 2 aromatic carbocycles. The molecule has 0 spiro atoms. The summed E-state index contributed by atoms with van der Waals surface area (Å²) < 4.78 is 12.2. The van der Waals surface area contributed by atoms with Crippen LogP contribution in [0.2, 0.25) is 0 Å². The number of carbonyl (C=O) groups is 1. The first-order chi connectivity index (χ1) is 13.9. The van der Waals surface area contributed by atoms with Gasteiger partial charge in [-0.3, -0.25) is 10.1 Å². The van der Waals surface area contributed by atoms with Crippen LogP contribution in [0.5, 0.6) is 5.75 Å². The fourth-order valence-corrected chi connectivity index (χ4v) is 4.09. The van der Waals surface area contributed by atoms with Gasteiger partial charge < -0.3 is 9.26 Å². The van der Waals surface area contributed by atoms with Gasteiger partial charge in [0.25, 0.3) is 5.91 Å². The van der Waals surface area contributed by atoms with Gasteiger partial charge in [0.05, 0.1) is 15.8 Å². The van der Waals surface area contributed by atoms with Crippen LogP contribution in [0.3, 0.4) is 0 Å². The molecule has 0 aliphatic carbocycles. The van der Waals surface area contributed by atoms with Crippen molar-refractivity contribution in [3.63, 3.8) is 0 Å². The number of nitrogens with one attached hydrogen (secondary N) is 1. The zero-order valence-electron chi connectivity index (χ0n) is 16.7. The van der Waals surface area contributed by atoms with Crippen molar-refractivity contribution in [2.45, 2.75) is 34.3 Å². The summed E-state index contributed by atoms with van der Waals surface area (Å²) in [6.07, 6.45) is 0. The molecule has 0 bridgehead atoms. The number of amides is 1. The Balaban J connectivity index is 1.54. The molecule has 4 rings (SSSR count). The van der Waals surface area contributed by atoms with Crippen LogP contribution in [0.1, 0.15) is 38.5 Å². The Morgan fingerprint density at radius 3 is 2.72 bits per heavy atom. The van der Waals surface area contributed by atoms with Crippen molar-refractivity contribution >= 4 is 32.6 Å². The summed E-state index contributed by atoms with van der Waals surface area (Å²) in [5.74, 6) is 0.960. The maximum absolute atomic E-state index is 12.8. The van der Waals surface area contributed by atoms with Crippen molar-refractivity contribution in [2.75, 3.05) is 5.32 Å². The third-order valence-corrected chi connectivity index (χ3v) is 5.68. The SMILES string of the molecule is Cc1ccc(OCc2c(C(=O)Nc3nc4c(C)cccc4s3)noc2C)c(C)c1. The standard InChI is InChI=1S/C22H21N3O3S/c1-12-8-9-17(14(3)10-12)27-11-16-15(4)28-25-20(16)21(26)24-22-23-19-13(2)6-5-7-18(19)29-22/h5-10H,11H2,1-4H3,(H,23,24,26). The maximum atomic E-state index is 12.8. The van der Waals surface area contributed by atoms with Crippen molar-refractivity contribution in [3.8, 4) is 5.75 Å². The van der Waals surface area contributed by atoms with E-state index in [1.54, 1.807) is 6.92 Å². The van der Waals surface area contributed by atoms with Crippen molar-refractivity contribution in [1.82, 2.24) is 10.1 Å². The number of hydrogen-bond donors (Lipinski definition) is 1. The lowest BCUT2D eigenvalue weighted by atomic mass is 10.1. The molecular formula is C22H21N3O3S. The Labute approximate surface area is 172 Å². The van der Waals surface area contributed by atoms with Crippen LogP contribution in [0.25, 0.3) is 10.2 Å². The van der Waals surface area contributed by atoms with Crippen LogP contribution < -0.4 is 10.1 Å². The monoisotopic (exact) mass is 407 g/mol. The fraction of sp³-hybridized carbons (Fsp3) is 0.227. The first kappa shape index (κ1) is 19.1. The first-order valence-electron chi connectivity index (χ1n) is 9.25. The number of ether oxygens (including phenoxy) is 1. The number of thiazole rings is 1. The number of nitrogens with zero attached hydrogens (tertiary/aromatic N) is 2. The van der Waals surface area contributed by atoms with E-state index in [4.69, 9.17) is 9.26 Å². The Kier molecular flexibility index (Phi) is 5.07. The van der Waals surface area contributed by atoms with E-state index in [-0.39, 0.29) is 18.2 Å². The van der Waals surface area contributed by atoms with Gasteiger partial charge in [0.2, 0.25) is 0 Å². The molecular weight excluding hydrogens is 386 g/mol. The third-order valence-electron chi connectivity index (χ3n) is 4.74.